The number of nitriles is 1. The average molecular weight is 275 g/mol. The van der Waals surface area contributed by atoms with E-state index in [1.165, 1.54) is 0 Å². The van der Waals surface area contributed by atoms with Gasteiger partial charge >= 0.3 is 5.97 Å². The highest BCUT2D eigenvalue weighted by Gasteiger charge is 2.13. The monoisotopic (exact) mass is 275 g/mol. The van der Waals surface area contributed by atoms with Crippen LogP contribution < -0.4 is 5.32 Å². The topological polar surface area (TPSA) is 86.0 Å². The second-order valence-corrected chi connectivity index (χ2v) is 5.18. The van der Waals surface area contributed by atoms with Crippen LogP contribution in [0.4, 0.5) is 5.82 Å². The molecule has 108 valence electrons. The third kappa shape index (κ3) is 4.54. The van der Waals surface area contributed by atoms with Crippen LogP contribution >= 0.6 is 0 Å². The summed E-state index contributed by atoms with van der Waals surface area (Å²) >= 11 is 0. The highest BCUT2D eigenvalue weighted by molar-refractivity contribution is 5.69. The maximum Gasteiger partial charge on any atom is 0.306 e. The predicted molar refractivity (Wildman–Crippen MR) is 77.4 cm³/mol. The molecule has 5 nitrogen and oxygen atoms in total. The van der Waals surface area contributed by atoms with E-state index in [1.54, 1.807) is 13.1 Å². The van der Waals surface area contributed by atoms with E-state index in [0.717, 1.165) is 18.4 Å². The number of pyridine rings is 1. The van der Waals surface area contributed by atoms with Gasteiger partial charge in [0.1, 0.15) is 11.9 Å². The van der Waals surface area contributed by atoms with E-state index < -0.39 is 5.97 Å². The van der Waals surface area contributed by atoms with Crippen molar-refractivity contribution in [2.24, 2.45) is 5.92 Å². The molecular formula is C15H21N3O2. The zero-order valence-corrected chi connectivity index (χ0v) is 12.2. The molecule has 0 spiro atoms. The highest BCUT2D eigenvalue weighted by atomic mass is 16.4. The molecule has 0 saturated heterocycles. The van der Waals surface area contributed by atoms with Crippen molar-refractivity contribution in [3.05, 3.63) is 23.4 Å². The first kappa shape index (κ1) is 16.0. The lowest BCUT2D eigenvalue weighted by Gasteiger charge is -2.16. The van der Waals surface area contributed by atoms with Gasteiger partial charge in [-0.3, -0.25) is 4.79 Å². The minimum atomic E-state index is -0.752. The Morgan fingerprint density at radius 2 is 2.20 bits per heavy atom. The lowest BCUT2D eigenvalue weighted by Crippen LogP contribution is -2.18. The number of rotatable bonds is 7. The van der Waals surface area contributed by atoms with Crippen LogP contribution in [0.3, 0.4) is 0 Å². The molecule has 0 bridgehead atoms. The van der Waals surface area contributed by atoms with Crippen molar-refractivity contribution in [2.45, 2.75) is 46.1 Å². The number of aryl methyl sites for hydroxylation is 1. The second kappa shape index (κ2) is 7.49. The summed E-state index contributed by atoms with van der Waals surface area (Å²) in [6.45, 7) is 5.61. The van der Waals surface area contributed by atoms with Crippen LogP contribution in [0.5, 0.6) is 0 Å². The van der Waals surface area contributed by atoms with Crippen LogP contribution in [0.1, 0.15) is 44.2 Å². The summed E-state index contributed by atoms with van der Waals surface area (Å²) in [6, 6.07) is 4.11. The number of hydrogen-bond donors (Lipinski definition) is 2. The van der Waals surface area contributed by atoms with Crippen LogP contribution in [0.15, 0.2) is 12.3 Å². The smallest absolute Gasteiger partial charge is 0.306 e. The minimum absolute atomic E-state index is 0.150. The molecule has 20 heavy (non-hydrogen) atoms. The minimum Gasteiger partial charge on any atom is -0.481 e. The number of nitrogens with one attached hydrogen (secondary N) is 1. The number of aliphatic carboxylic acids is 1. The van der Waals surface area contributed by atoms with Gasteiger partial charge in [0.25, 0.3) is 0 Å². The van der Waals surface area contributed by atoms with Gasteiger partial charge in [-0.2, -0.15) is 5.26 Å². The van der Waals surface area contributed by atoms with E-state index in [0.29, 0.717) is 17.8 Å². The van der Waals surface area contributed by atoms with E-state index in [4.69, 9.17) is 10.4 Å². The quantitative estimate of drug-likeness (QED) is 0.799. The van der Waals surface area contributed by atoms with Gasteiger partial charge in [-0.25, -0.2) is 4.98 Å². The Balaban J connectivity index is 2.51. The number of aromatic nitrogens is 1. The molecule has 0 aliphatic rings. The van der Waals surface area contributed by atoms with Crippen LogP contribution in [0, 0.1) is 24.2 Å². The summed E-state index contributed by atoms with van der Waals surface area (Å²) < 4.78 is 0. The van der Waals surface area contributed by atoms with Gasteiger partial charge in [-0.05, 0) is 38.3 Å². The van der Waals surface area contributed by atoms with E-state index in [2.05, 4.69) is 16.4 Å². The number of nitrogens with zero attached hydrogens (tertiary/aromatic N) is 2. The van der Waals surface area contributed by atoms with Crippen molar-refractivity contribution < 1.29 is 9.90 Å². The molecule has 0 aliphatic carbocycles. The standard InChI is InChI=1S/C15H21N3O2/c1-10-7-8-17-14(13(10)9-16)18-12(3)6-4-5-11(2)15(19)20/h7-8,11-12H,4-6H2,1-3H3,(H,17,18)(H,19,20). The first-order valence-corrected chi connectivity index (χ1v) is 6.80. The zero-order valence-electron chi connectivity index (χ0n) is 12.2. The fourth-order valence-electron chi connectivity index (χ4n) is 1.97. The lowest BCUT2D eigenvalue weighted by atomic mass is 10.0. The summed E-state index contributed by atoms with van der Waals surface area (Å²) in [4.78, 5) is 14.9. The maximum absolute atomic E-state index is 10.7. The zero-order chi connectivity index (χ0) is 15.1. The molecule has 5 heteroatoms. The number of carboxylic acids is 1. The van der Waals surface area contributed by atoms with Crippen molar-refractivity contribution >= 4 is 11.8 Å². The second-order valence-electron chi connectivity index (χ2n) is 5.18. The molecule has 2 atom stereocenters. The van der Waals surface area contributed by atoms with Crippen molar-refractivity contribution in [2.75, 3.05) is 5.32 Å². The highest BCUT2D eigenvalue weighted by Crippen LogP contribution is 2.18. The number of carboxylic acid groups (broad SMARTS) is 1. The van der Waals surface area contributed by atoms with Gasteiger partial charge in [0.2, 0.25) is 0 Å². The Morgan fingerprint density at radius 1 is 1.50 bits per heavy atom. The van der Waals surface area contributed by atoms with E-state index in [1.807, 2.05) is 19.9 Å². The van der Waals surface area contributed by atoms with E-state index >= 15 is 0 Å². The van der Waals surface area contributed by atoms with Gasteiger partial charge in [0.05, 0.1) is 11.5 Å². The first-order valence-electron chi connectivity index (χ1n) is 6.80. The summed E-state index contributed by atoms with van der Waals surface area (Å²) in [7, 11) is 0. The molecule has 0 fully saturated rings. The molecule has 2 unspecified atom stereocenters. The Labute approximate surface area is 119 Å². The SMILES string of the molecule is Cc1ccnc(NC(C)CCCC(C)C(=O)O)c1C#N. The number of anilines is 1. The number of carbonyl (C=O) groups is 1. The van der Waals surface area contributed by atoms with Crippen LogP contribution in [0.2, 0.25) is 0 Å². The van der Waals surface area contributed by atoms with Gasteiger partial charge in [0, 0.05) is 12.2 Å². The molecular weight excluding hydrogens is 254 g/mol. The van der Waals surface area contributed by atoms with Gasteiger partial charge in [-0.15, -0.1) is 0 Å². The van der Waals surface area contributed by atoms with E-state index in [-0.39, 0.29) is 12.0 Å². The van der Waals surface area contributed by atoms with Crippen molar-refractivity contribution in [3.63, 3.8) is 0 Å². The fraction of sp³-hybridized carbons (Fsp3) is 0.533. The average Bonchev–Trinajstić information content (AvgIpc) is 2.38. The number of hydrogen-bond acceptors (Lipinski definition) is 4. The van der Waals surface area contributed by atoms with Gasteiger partial charge < -0.3 is 10.4 Å². The normalized spacial score (nSPS) is 13.3. The molecule has 0 radical (unpaired) electrons. The molecule has 1 heterocycles. The van der Waals surface area contributed by atoms with Crippen LogP contribution in [-0.2, 0) is 4.79 Å². The third-order valence-electron chi connectivity index (χ3n) is 3.35. The van der Waals surface area contributed by atoms with Crippen LogP contribution in [0.25, 0.3) is 0 Å². The van der Waals surface area contributed by atoms with E-state index in [9.17, 15) is 4.79 Å². The van der Waals surface area contributed by atoms with Crippen molar-refractivity contribution in [1.29, 1.82) is 5.26 Å². The molecule has 0 aromatic carbocycles. The molecule has 0 amide bonds. The molecule has 0 saturated carbocycles. The molecule has 1 aromatic rings. The summed E-state index contributed by atoms with van der Waals surface area (Å²) in [6.07, 6.45) is 4.01. The molecule has 2 N–H and O–H groups in total. The lowest BCUT2D eigenvalue weighted by molar-refractivity contribution is -0.141. The molecule has 0 aliphatic heterocycles. The summed E-state index contributed by atoms with van der Waals surface area (Å²) in [5.74, 6) is -0.460. The molecule has 1 rings (SSSR count). The van der Waals surface area contributed by atoms with Gasteiger partial charge in [0.15, 0.2) is 0 Å². The Morgan fingerprint density at radius 3 is 2.80 bits per heavy atom. The van der Waals surface area contributed by atoms with Crippen molar-refractivity contribution in [1.82, 2.24) is 4.98 Å². The summed E-state index contributed by atoms with van der Waals surface area (Å²) in [5.41, 5.74) is 1.47. The third-order valence-corrected chi connectivity index (χ3v) is 3.35. The molecule has 1 aromatic heterocycles. The Kier molecular flexibility index (Phi) is 5.98. The largest absolute Gasteiger partial charge is 0.481 e. The first-order chi connectivity index (χ1) is 9.45. The van der Waals surface area contributed by atoms with Gasteiger partial charge in [-0.1, -0.05) is 13.3 Å². The maximum atomic E-state index is 10.7. The predicted octanol–water partition coefficient (Wildman–Crippen LogP) is 2.95. The van der Waals surface area contributed by atoms with Crippen LogP contribution in [-0.4, -0.2) is 22.1 Å². The Hall–Kier alpha value is -2.09. The van der Waals surface area contributed by atoms with Crippen molar-refractivity contribution in [3.8, 4) is 6.07 Å². The fourth-order valence-corrected chi connectivity index (χ4v) is 1.97. The summed E-state index contributed by atoms with van der Waals surface area (Å²) in [5, 5.41) is 21.2. The Bertz CT molecular complexity index is 508.